The molecule has 1 aromatic heterocycles. The summed E-state index contributed by atoms with van der Waals surface area (Å²) >= 11 is 1.56. The molecule has 0 atom stereocenters. The van der Waals surface area contributed by atoms with E-state index in [-0.39, 0.29) is 36.3 Å². The quantitative estimate of drug-likeness (QED) is 0.185. The summed E-state index contributed by atoms with van der Waals surface area (Å²) in [5.74, 6) is -0.185. The van der Waals surface area contributed by atoms with Crippen LogP contribution in [0.5, 0.6) is 0 Å². The van der Waals surface area contributed by atoms with Crippen LogP contribution in [0, 0.1) is 5.82 Å². The van der Waals surface area contributed by atoms with Crippen molar-refractivity contribution in [1.82, 2.24) is 15.7 Å². The molecule has 10 nitrogen and oxygen atoms in total. The Kier molecular flexibility index (Phi) is 10.6. The van der Waals surface area contributed by atoms with E-state index in [1.165, 1.54) is 6.07 Å². The lowest BCUT2D eigenvalue weighted by atomic mass is 9.86. The predicted octanol–water partition coefficient (Wildman–Crippen LogP) is 7.36. The Bertz CT molecular complexity index is 1400. The van der Waals surface area contributed by atoms with Gasteiger partial charge in [0.15, 0.2) is 0 Å². The highest BCUT2D eigenvalue weighted by Gasteiger charge is 2.27. The van der Waals surface area contributed by atoms with E-state index in [9.17, 15) is 19.2 Å². The van der Waals surface area contributed by atoms with Crippen LogP contribution in [0.25, 0.3) is 10.4 Å². The molecule has 4 rings (SSSR count). The number of benzene rings is 2. The number of anilines is 2. The number of hydrogen-bond acceptors (Lipinski definition) is 9. The first-order chi connectivity index (χ1) is 20.4. The van der Waals surface area contributed by atoms with E-state index >= 15 is 0 Å². The number of hydrogen-bond donors (Lipinski definition) is 4. The number of nitrogens with one attached hydrogen (secondary N) is 3. The third-order valence-corrected chi connectivity index (χ3v) is 7.95. The van der Waals surface area contributed by atoms with E-state index in [2.05, 4.69) is 16.1 Å². The van der Waals surface area contributed by atoms with Gasteiger partial charge in [0.1, 0.15) is 12.4 Å². The zero-order chi connectivity index (χ0) is 31.1. The van der Waals surface area contributed by atoms with Gasteiger partial charge in [-0.3, -0.25) is 10.5 Å². The molecule has 232 valence electrons. The molecule has 0 saturated heterocycles. The molecule has 0 aliphatic heterocycles. The summed E-state index contributed by atoms with van der Waals surface area (Å²) in [4.78, 5) is 30.0. The Balaban J connectivity index is 1.46. The number of carbonyl (C=O) groups is 2. The Labute approximate surface area is 255 Å². The second kappa shape index (κ2) is 14.2. The Morgan fingerprint density at radius 2 is 1.84 bits per heavy atom. The monoisotopic (exact) mass is 613 g/mol. The molecule has 1 heterocycles. The molecule has 0 radical (unpaired) electrons. The van der Waals surface area contributed by atoms with Crippen LogP contribution in [0.4, 0.5) is 25.4 Å². The van der Waals surface area contributed by atoms with Gasteiger partial charge in [-0.1, -0.05) is 18.2 Å². The molecule has 0 unspecified atom stereocenters. The normalized spacial score (nSPS) is 16.9. The maximum atomic E-state index is 13.9. The van der Waals surface area contributed by atoms with Gasteiger partial charge in [0.05, 0.1) is 21.7 Å². The van der Waals surface area contributed by atoms with Crippen LogP contribution in [-0.4, -0.2) is 40.1 Å². The van der Waals surface area contributed by atoms with Crippen LogP contribution in [0.1, 0.15) is 76.8 Å². The first-order valence-electron chi connectivity index (χ1n) is 14.4. The number of ether oxygens (including phenoxy) is 2. The van der Waals surface area contributed by atoms with Crippen molar-refractivity contribution in [2.75, 3.05) is 10.5 Å². The number of rotatable bonds is 9. The number of hydrazine groups is 1. The topological polar surface area (TPSA) is 125 Å². The summed E-state index contributed by atoms with van der Waals surface area (Å²) in [6.07, 6.45) is 3.96. The Hall–Kier alpha value is -3.74. The summed E-state index contributed by atoms with van der Waals surface area (Å²) in [7, 11) is 0. The lowest BCUT2D eigenvalue weighted by molar-refractivity contribution is 0.109. The first kappa shape index (κ1) is 32.2. The number of thiazole rings is 1. The van der Waals surface area contributed by atoms with Gasteiger partial charge in [0, 0.05) is 40.5 Å². The third-order valence-electron chi connectivity index (χ3n) is 6.76. The molecule has 4 N–H and O–H groups in total. The van der Waals surface area contributed by atoms with Gasteiger partial charge in [-0.05, 0) is 84.6 Å². The molecule has 3 aromatic rings. The highest BCUT2D eigenvalue weighted by atomic mass is 32.1. The van der Waals surface area contributed by atoms with Gasteiger partial charge in [-0.2, -0.15) is 5.17 Å². The molecule has 2 aromatic carbocycles. The summed E-state index contributed by atoms with van der Waals surface area (Å²) in [6, 6.07) is 11.3. The molecule has 1 aliphatic carbocycles. The second-order valence-corrected chi connectivity index (χ2v) is 13.0. The van der Waals surface area contributed by atoms with Gasteiger partial charge in [-0.25, -0.2) is 24.4 Å². The predicted molar refractivity (Wildman–Crippen MR) is 165 cm³/mol. The van der Waals surface area contributed by atoms with E-state index in [4.69, 9.17) is 14.5 Å². The minimum atomic E-state index is -0.752. The lowest BCUT2D eigenvalue weighted by Gasteiger charge is -2.29. The summed E-state index contributed by atoms with van der Waals surface area (Å²) in [5, 5.41) is 18.6. The maximum Gasteiger partial charge on any atom is 0.411 e. The van der Waals surface area contributed by atoms with E-state index in [1.54, 1.807) is 53.9 Å². The molecule has 0 bridgehead atoms. The van der Waals surface area contributed by atoms with Gasteiger partial charge in [0.25, 0.3) is 0 Å². The fourth-order valence-electron chi connectivity index (χ4n) is 4.78. The smallest absolute Gasteiger partial charge is 0.411 e. The van der Waals surface area contributed by atoms with E-state index in [0.29, 0.717) is 11.4 Å². The number of alkyl carbamates (subject to hydrolysis) is 1. The largest absolute Gasteiger partial charge is 0.447 e. The van der Waals surface area contributed by atoms with Crippen molar-refractivity contribution in [2.24, 2.45) is 0 Å². The van der Waals surface area contributed by atoms with Crippen molar-refractivity contribution < 1.29 is 28.7 Å². The highest BCUT2D eigenvalue weighted by molar-refractivity contribution is 7.15. The minimum absolute atomic E-state index is 0.0819. The zero-order valence-corrected chi connectivity index (χ0v) is 26.0. The molecule has 1 saturated carbocycles. The van der Waals surface area contributed by atoms with Crippen LogP contribution in [-0.2, 0) is 16.1 Å². The van der Waals surface area contributed by atoms with E-state index in [0.717, 1.165) is 46.3 Å². The lowest BCUT2D eigenvalue weighted by Crippen LogP contribution is -2.47. The fraction of sp³-hybridized carbons (Fsp3) is 0.452. The highest BCUT2D eigenvalue weighted by Crippen LogP contribution is 2.41. The van der Waals surface area contributed by atoms with Gasteiger partial charge in [-0.15, -0.1) is 11.3 Å². The molecule has 1 aliphatic rings. The maximum absolute atomic E-state index is 13.9. The van der Waals surface area contributed by atoms with E-state index in [1.807, 2.05) is 34.6 Å². The SMILES string of the molecule is CC(C)OC(=O)N[C@H]1CC[C@H](c2ncc(-c3ccc(NC(=O)OCc4ccccc4F)cc3N(O)NC(C)(C)C)s2)CC1. The number of amides is 2. The molecular formula is C31H40FN5O5S. The molecular weight excluding hydrogens is 573 g/mol. The summed E-state index contributed by atoms with van der Waals surface area (Å²) in [6.45, 7) is 9.17. The van der Waals surface area contributed by atoms with E-state index < -0.39 is 17.4 Å². The average Bonchev–Trinajstić information content (AvgIpc) is 3.42. The fourth-order valence-corrected chi connectivity index (χ4v) is 5.91. The number of halogens is 1. The van der Waals surface area contributed by atoms with Gasteiger partial charge >= 0.3 is 12.2 Å². The van der Waals surface area contributed by atoms with Crippen LogP contribution >= 0.6 is 11.3 Å². The van der Waals surface area contributed by atoms with Crippen molar-refractivity contribution in [2.45, 2.75) is 90.5 Å². The van der Waals surface area contributed by atoms with Crippen molar-refractivity contribution in [3.8, 4) is 10.4 Å². The first-order valence-corrected chi connectivity index (χ1v) is 15.2. The molecule has 1 fully saturated rings. The number of aromatic nitrogens is 1. The van der Waals surface area contributed by atoms with Crippen molar-refractivity contribution in [3.05, 3.63) is 65.0 Å². The number of carbonyl (C=O) groups excluding carboxylic acids is 2. The van der Waals surface area contributed by atoms with Gasteiger partial charge in [0.2, 0.25) is 0 Å². The third kappa shape index (κ3) is 9.37. The zero-order valence-electron chi connectivity index (χ0n) is 25.1. The second-order valence-electron chi connectivity index (χ2n) is 11.9. The average molecular weight is 614 g/mol. The van der Waals surface area contributed by atoms with Crippen LogP contribution in [0.3, 0.4) is 0 Å². The van der Waals surface area contributed by atoms with Crippen molar-refractivity contribution in [1.29, 1.82) is 0 Å². The Morgan fingerprint density at radius 1 is 1.12 bits per heavy atom. The summed E-state index contributed by atoms with van der Waals surface area (Å²) < 4.78 is 24.3. The Morgan fingerprint density at radius 3 is 2.51 bits per heavy atom. The van der Waals surface area contributed by atoms with Crippen LogP contribution < -0.4 is 21.2 Å². The van der Waals surface area contributed by atoms with Gasteiger partial charge < -0.3 is 14.8 Å². The van der Waals surface area contributed by atoms with Crippen LogP contribution in [0.2, 0.25) is 0 Å². The van der Waals surface area contributed by atoms with Crippen molar-refractivity contribution in [3.63, 3.8) is 0 Å². The number of nitrogens with zero attached hydrogens (tertiary/aromatic N) is 2. The minimum Gasteiger partial charge on any atom is -0.447 e. The molecule has 2 amide bonds. The standard InChI is InChI=1S/C31H40FN5O5S/c1-19(2)42-30(39)34-22-12-10-20(11-13-22)28-33-17-27(43-28)24-15-14-23(16-26(24)37(40)36-31(3,4)5)35-29(38)41-18-21-8-6-7-9-25(21)32/h6-9,14-17,19-20,22,36,40H,10-13,18H2,1-5H3,(H,34,39)(H,35,38)/t20-,22-. The van der Waals surface area contributed by atoms with Crippen LogP contribution in [0.15, 0.2) is 48.7 Å². The van der Waals surface area contributed by atoms with Crippen molar-refractivity contribution >= 4 is 34.9 Å². The summed E-state index contributed by atoms with van der Waals surface area (Å²) in [5.41, 5.74) is 4.36. The molecule has 12 heteroatoms. The molecule has 0 spiro atoms. The molecule has 43 heavy (non-hydrogen) atoms.